The largest absolute Gasteiger partial charge is 0.421 e. The van der Waals surface area contributed by atoms with Crippen LogP contribution in [0.4, 0.5) is 0 Å². The van der Waals surface area contributed by atoms with Crippen LogP contribution < -0.4 is 5.32 Å². The van der Waals surface area contributed by atoms with Gasteiger partial charge in [0.15, 0.2) is 0 Å². The molecule has 0 unspecified atom stereocenters. The van der Waals surface area contributed by atoms with Gasteiger partial charge in [-0.2, -0.15) is 0 Å². The molecule has 5 nitrogen and oxygen atoms in total. The van der Waals surface area contributed by atoms with Crippen LogP contribution in [0.3, 0.4) is 0 Å². The molecule has 0 atom stereocenters. The zero-order valence-corrected chi connectivity index (χ0v) is 21.0. The molecule has 2 rings (SSSR count). The average molecular weight is 456 g/mol. The van der Waals surface area contributed by atoms with E-state index >= 15 is 0 Å². The third kappa shape index (κ3) is 11.5. The summed E-state index contributed by atoms with van der Waals surface area (Å²) in [5.74, 6) is 1.14. The number of hydrogen-bond donors (Lipinski definition) is 1. The Balaban J connectivity index is 1.47. The van der Waals surface area contributed by atoms with Gasteiger partial charge in [0.05, 0.1) is 0 Å². The molecule has 0 saturated heterocycles. The number of carbonyl (C=O) groups is 1. The normalized spacial score (nSPS) is 11.1. The zero-order valence-electron chi connectivity index (χ0n) is 21.0. The van der Waals surface area contributed by atoms with Crippen LogP contribution in [0.25, 0.3) is 11.5 Å². The zero-order chi connectivity index (χ0) is 23.6. The van der Waals surface area contributed by atoms with E-state index in [-0.39, 0.29) is 5.91 Å². The first-order chi connectivity index (χ1) is 16.2. The Morgan fingerprint density at radius 2 is 1.27 bits per heavy atom. The SMILES string of the molecule is CCCCCCCCCCCCCCCCNC(=O)c1ccc(-c2nnc(CCC)o2)cc1. The highest BCUT2D eigenvalue weighted by Gasteiger charge is 2.10. The second-order valence-electron chi connectivity index (χ2n) is 9.18. The fraction of sp³-hybridized carbons (Fsp3) is 0.679. The minimum Gasteiger partial charge on any atom is -0.421 e. The summed E-state index contributed by atoms with van der Waals surface area (Å²) in [7, 11) is 0. The number of nitrogens with zero attached hydrogens (tertiary/aromatic N) is 2. The number of amides is 1. The Kier molecular flexibility index (Phi) is 14.2. The molecule has 0 bridgehead atoms. The van der Waals surface area contributed by atoms with E-state index in [4.69, 9.17) is 4.42 Å². The van der Waals surface area contributed by atoms with Crippen LogP contribution in [0.15, 0.2) is 28.7 Å². The third-order valence-electron chi connectivity index (χ3n) is 6.14. The van der Waals surface area contributed by atoms with Gasteiger partial charge in [-0.3, -0.25) is 4.79 Å². The lowest BCUT2D eigenvalue weighted by Gasteiger charge is -2.06. The lowest BCUT2D eigenvalue weighted by molar-refractivity contribution is 0.0953. The molecular formula is C28H45N3O2. The Labute approximate surface area is 201 Å². The Hall–Kier alpha value is -2.17. The maximum atomic E-state index is 12.4. The van der Waals surface area contributed by atoms with Crippen molar-refractivity contribution in [3.05, 3.63) is 35.7 Å². The van der Waals surface area contributed by atoms with E-state index in [1.54, 1.807) is 0 Å². The van der Waals surface area contributed by atoms with Crippen LogP contribution in [0.5, 0.6) is 0 Å². The van der Waals surface area contributed by atoms with E-state index in [0.29, 0.717) is 17.3 Å². The molecule has 0 aliphatic rings. The van der Waals surface area contributed by atoms with Crippen LogP contribution in [0.2, 0.25) is 0 Å². The highest BCUT2D eigenvalue weighted by atomic mass is 16.4. The van der Waals surface area contributed by atoms with Crippen LogP contribution >= 0.6 is 0 Å². The molecule has 0 saturated carbocycles. The number of aryl methyl sites for hydroxylation is 1. The van der Waals surface area contributed by atoms with Gasteiger partial charge in [0.2, 0.25) is 11.8 Å². The number of benzene rings is 1. The van der Waals surface area contributed by atoms with E-state index in [2.05, 4.69) is 29.4 Å². The maximum absolute atomic E-state index is 12.4. The second-order valence-corrected chi connectivity index (χ2v) is 9.18. The smallest absolute Gasteiger partial charge is 0.251 e. The first-order valence-corrected chi connectivity index (χ1v) is 13.5. The van der Waals surface area contributed by atoms with Crippen LogP contribution in [-0.4, -0.2) is 22.6 Å². The third-order valence-corrected chi connectivity index (χ3v) is 6.14. The Bertz CT molecular complexity index is 755. The fourth-order valence-electron chi connectivity index (χ4n) is 4.07. The van der Waals surface area contributed by atoms with Crippen molar-refractivity contribution in [3.63, 3.8) is 0 Å². The Morgan fingerprint density at radius 1 is 0.727 bits per heavy atom. The van der Waals surface area contributed by atoms with E-state index in [1.807, 2.05) is 24.3 Å². The van der Waals surface area contributed by atoms with E-state index in [0.717, 1.165) is 31.4 Å². The van der Waals surface area contributed by atoms with Gasteiger partial charge in [-0.1, -0.05) is 97.3 Å². The number of rotatable bonds is 19. The van der Waals surface area contributed by atoms with Gasteiger partial charge in [0.1, 0.15) is 0 Å². The lowest BCUT2D eigenvalue weighted by Crippen LogP contribution is -2.24. The van der Waals surface area contributed by atoms with Crippen molar-refractivity contribution < 1.29 is 9.21 Å². The van der Waals surface area contributed by atoms with Gasteiger partial charge in [0.25, 0.3) is 5.91 Å². The lowest BCUT2D eigenvalue weighted by atomic mass is 10.0. The van der Waals surface area contributed by atoms with E-state index in [9.17, 15) is 4.79 Å². The minimum absolute atomic E-state index is 0.0200. The average Bonchev–Trinajstić information content (AvgIpc) is 3.30. The van der Waals surface area contributed by atoms with Crippen molar-refractivity contribution in [3.8, 4) is 11.5 Å². The number of nitrogens with one attached hydrogen (secondary N) is 1. The molecule has 33 heavy (non-hydrogen) atoms. The summed E-state index contributed by atoms with van der Waals surface area (Å²) in [4.78, 5) is 12.4. The molecule has 1 heterocycles. The summed E-state index contributed by atoms with van der Waals surface area (Å²) in [6, 6.07) is 7.37. The number of carbonyl (C=O) groups excluding carboxylic acids is 1. The quantitative estimate of drug-likeness (QED) is 0.219. The highest BCUT2D eigenvalue weighted by Crippen LogP contribution is 2.19. The predicted molar refractivity (Wildman–Crippen MR) is 136 cm³/mol. The predicted octanol–water partition coefficient (Wildman–Crippen LogP) is 7.90. The number of unbranched alkanes of at least 4 members (excludes halogenated alkanes) is 13. The van der Waals surface area contributed by atoms with Crippen molar-refractivity contribution >= 4 is 5.91 Å². The molecule has 1 amide bonds. The number of hydrogen-bond acceptors (Lipinski definition) is 4. The molecule has 5 heteroatoms. The molecule has 184 valence electrons. The topological polar surface area (TPSA) is 68.0 Å². The molecule has 0 aliphatic heterocycles. The molecule has 0 fully saturated rings. The molecule has 2 aromatic rings. The van der Waals surface area contributed by atoms with Crippen molar-refractivity contribution in [1.29, 1.82) is 0 Å². The maximum Gasteiger partial charge on any atom is 0.251 e. The molecule has 0 radical (unpaired) electrons. The van der Waals surface area contributed by atoms with Crippen LogP contribution in [-0.2, 0) is 6.42 Å². The van der Waals surface area contributed by atoms with Crippen LogP contribution in [0, 0.1) is 0 Å². The summed E-state index contributed by atoms with van der Waals surface area (Å²) in [6.07, 6.45) is 20.6. The van der Waals surface area contributed by atoms with Gasteiger partial charge in [-0.05, 0) is 37.1 Å². The minimum atomic E-state index is -0.0200. The van der Waals surface area contributed by atoms with Crippen molar-refractivity contribution in [2.45, 2.75) is 117 Å². The van der Waals surface area contributed by atoms with E-state index < -0.39 is 0 Å². The summed E-state index contributed by atoms with van der Waals surface area (Å²) < 4.78 is 5.65. The first-order valence-electron chi connectivity index (χ1n) is 13.5. The summed E-state index contributed by atoms with van der Waals surface area (Å²) >= 11 is 0. The van der Waals surface area contributed by atoms with Crippen LogP contribution in [0.1, 0.15) is 126 Å². The van der Waals surface area contributed by atoms with Crippen molar-refractivity contribution in [2.24, 2.45) is 0 Å². The molecule has 1 aromatic heterocycles. The summed E-state index contributed by atoms with van der Waals surface area (Å²) in [5, 5.41) is 11.2. The highest BCUT2D eigenvalue weighted by molar-refractivity contribution is 5.94. The molecule has 1 N–H and O–H groups in total. The van der Waals surface area contributed by atoms with Gasteiger partial charge < -0.3 is 9.73 Å². The van der Waals surface area contributed by atoms with Gasteiger partial charge >= 0.3 is 0 Å². The molecule has 1 aromatic carbocycles. The van der Waals surface area contributed by atoms with Crippen molar-refractivity contribution in [2.75, 3.05) is 6.54 Å². The van der Waals surface area contributed by atoms with Gasteiger partial charge in [-0.15, -0.1) is 10.2 Å². The fourth-order valence-corrected chi connectivity index (χ4v) is 4.07. The summed E-state index contributed by atoms with van der Waals surface area (Å²) in [6.45, 7) is 5.09. The van der Waals surface area contributed by atoms with Gasteiger partial charge in [-0.25, -0.2) is 0 Å². The Morgan fingerprint density at radius 3 is 1.82 bits per heavy atom. The van der Waals surface area contributed by atoms with Crippen molar-refractivity contribution in [1.82, 2.24) is 15.5 Å². The molecule has 0 spiro atoms. The van der Waals surface area contributed by atoms with E-state index in [1.165, 1.54) is 83.5 Å². The number of aromatic nitrogens is 2. The first kappa shape index (κ1) is 27.1. The standard InChI is InChI=1S/C28H45N3O2/c1-3-5-6-7-8-9-10-11-12-13-14-15-16-17-23-29-27(32)24-19-21-25(22-20-24)28-31-30-26(33-28)18-4-2/h19-22H,3-18,23H2,1-2H3,(H,29,32). The molecular weight excluding hydrogens is 410 g/mol. The summed E-state index contributed by atoms with van der Waals surface area (Å²) in [5.41, 5.74) is 1.51. The monoisotopic (exact) mass is 455 g/mol. The second kappa shape index (κ2) is 17.3. The molecule has 0 aliphatic carbocycles. The van der Waals surface area contributed by atoms with Gasteiger partial charge in [0, 0.05) is 24.1 Å².